The molecule has 16 heteroatoms. The maximum Gasteiger partial charge on any atom is 0.416 e. The number of anilines is 1. The minimum Gasteiger partial charge on any atom is -0.496 e. The summed E-state index contributed by atoms with van der Waals surface area (Å²) in [5.74, 6) is -0.784. The van der Waals surface area contributed by atoms with Crippen LogP contribution in [0.15, 0.2) is 67.0 Å². The molecule has 0 atom stereocenters. The third kappa shape index (κ3) is 10.5. The van der Waals surface area contributed by atoms with Gasteiger partial charge in [0.15, 0.2) is 5.75 Å². The Morgan fingerprint density at radius 1 is 0.769 bits per heavy atom. The number of nitrogens with zero attached hydrogens (tertiary/aromatic N) is 3. The molecule has 0 amide bonds. The van der Waals surface area contributed by atoms with Crippen LogP contribution in [0.2, 0.25) is 0 Å². The van der Waals surface area contributed by atoms with Crippen LogP contribution < -0.4 is 14.4 Å². The highest BCUT2D eigenvalue weighted by molar-refractivity contribution is 5.75. The van der Waals surface area contributed by atoms with Crippen LogP contribution in [0.5, 0.6) is 11.5 Å². The molecule has 1 aromatic heterocycles. The number of alkyl halides is 9. The second-order valence-electron chi connectivity index (χ2n) is 12.2. The summed E-state index contributed by atoms with van der Waals surface area (Å²) in [6, 6.07) is 9.16. The fraction of sp³-hybridized carbons (Fsp3) is 0.361. The van der Waals surface area contributed by atoms with Crippen molar-refractivity contribution in [3.8, 4) is 22.6 Å². The molecule has 0 aliphatic heterocycles. The second kappa shape index (κ2) is 16.1. The summed E-state index contributed by atoms with van der Waals surface area (Å²) < 4.78 is 136. The van der Waals surface area contributed by atoms with E-state index in [1.807, 2.05) is 13.8 Å². The summed E-state index contributed by atoms with van der Waals surface area (Å²) in [5.41, 5.74) is -3.15. The van der Waals surface area contributed by atoms with E-state index >= 15 is 0 Å². The number of hydrogen-bond donors (Lipinski definition) is 1. The molecule has 0 bridgehead atoms. The average molecular weight is 744 g/mol. The lowest BCUT2D eigenvalue weighted by molar-refractivity contribution is -0.143. The lowest BCUT2D eigenvalue weighted by Gasteiger charge is -2.26. The van der Waals surface area contributed by atoms with Gasteiger partial charge in [-0.05, 0) is 83.5 Å². The first-order chi connectivity index (χ1) is 24.3. The van der Waals surface area contributed by atoms with Crippen LogP contribution in [-0.4, -0.2) is 34.8 Å². The molecular weight excluding hydrogens is 709 g/mol. The van der Waals surface area contributed by atoms with Crippen molar-refractivity contribution < 1.29 is 58.9 Å². The van der Waals surface area contributed by atoms with E-state index < -0.39 is 59.8 Å². The zero-order chi connectivity index (χ0) is 38.4. The Labute approximate surface area is 293 Å². The van der Waals surface area contributed by atoms with Crippen molar-refractivity contribution in [1.82, 2.24) is 9.97 Å². The number of aliphatic carboxylic acids is 1. The third-order valence-electron chi connectivity index (χ3n) is 7.95. The highest BCUT2D eigenvalue weighted by Gasteiger charge is 2.37. The molecule has 0 fully saturated rings. The van der Waals surface area contributed by atoms with Gasteiger partial charge in [0, 0.05) is 25.1 Å². The van der Waals surface area contributed by atoms with E-state index in [0.29, 0.717) is 36.3 Å². The molecule has 52 heavy (non-hydrogen) atoms. The van der Waals surface area contributed by atoms with Gasteiger partial charge in [-0.1, -0.05) is 26.0 Å². The first kappa shape index (κ1) is 39.8. The topological polar surface area (TPSA) is 84.8 Å². The van der Waals surface area contributed by atoms with E-state index in [1.54, 1.807) is 18.2 Å². The van der Waals surface area contributed by atoms with Gasteiger partial charge in [-0.3, -0.25) is 4.79 Å². The van der Waals surface area contributed by atoms with Crippen LogP contribution in [0.1, 0.15) is 72.4 Å². The fourth-order valence-electron chi connectivity index (χ4n) is 5.31. The lowest BCUT2D eigenvalue weighted by Crippen LogP contribution is -2.25. The number of carbonyl (C=O) groups is 1. The normalized spacial score (nSPS) is 12.2. The number of hydrogen-bond acceptors (Lipinski definition) is 6. The average Bonchev–Trinajstić information content (AvgIpc) is 3.06. The number of carboxylic acid groups (broad SMARTS) is 1. The minimum atomic E-state index is -5.15. The molecular formula is C36H34F9N3O4. The Balaban J connectivity index is 1.85. The van der Waals surface area contributed by atoms with Crippen LogP contribution in [0.4, 0.5) is 45.5 Å². The zero-order valence-corrected chi connectivity index (χ0v) is 28.1. The van der Waals surface area contributed by atoms with E-state index in [2.05, 4.69) is 9.97 Å². The molecule has 1 N–H and O–H groups in total. The number of ether oxygens (including phenoxy) is 2. The first-order valence-corrected chi connectivity index (χ1v) is 15.8. The van der Waals surface area contributed by atoms with Crippen molar-refractivity contribution >= 4 is 11.9 Å². The van der Waals surface area contributed by atoms with Crippen LogP contribution in [-0.2, 0) is 36.4 Å². The number of methoxy groups -OCH3 is 1. The molecule has 7 nitrogen and oxygen atoms in total. The number of benzene rings is 3. The van der Waals surface area contributed by atoms with Crippen LogP contribution >= 0.6 is 0 Å². The van der Waals surface area contributed by atoms with E-state index in [9.17, 15) is 44.3 Å². The van der Waals surface area contributed by atoms with Crippen molar-refractivity contribution in [1.29, 1.82) is 0 Å². The molecule has 0 saturated heterocycles. The van der Waals surface area contributed by atoms with Crippen molar-refractivity contribution in [2.45, 2.75) is 70.6 Å². The van der Waals surface area contributed by atoms with E-state index in [4.69, 9.17) is 14.6 Å². The minimum absolute atomic E-state index is 0.000547. The summed E-state index contributed by atoms with van der Waals surface area (Å²) in [4.78, 5) is 20.3. The van der Waals surface area contributed by atoms with Crippen LogP contribution in [0.25, 0.3) is 11.1 Å². The summed E-state index contributed by atoms with van der Waals surface area (Å²) in [6.07, 6.45) is -12.1. The van der Waals surface area contributed by atoms with Crippen molar-refractivity contribution in [2.24, 2.45) is 0 Å². The zero-order valence-electron chi connectivity index (χ0n) is 28.1. The van der Waals surface area contributed by atoms with Gasteiger partial charge in [-0.25, -0.2) is 9.97 Å². The first-order valence-electron chi connectivity index (χ1n) is 15.8. The van der Waals surface area contributed by atoms with Gasteiger partial charge in [-0.2, -0.15) is 39.5 Å². The number of unbranched alkanes of at least 4 members (excludes halogenated alkanes) is 1. The van der Waals surface area contributed by atoms with Gasteiger partial charge in [0.05, 0.1) is 42.8 Å². The lowest BCUT2D eigenvalue weighted by atomic mass is 9.92. The number of carboxylic acids is 1. The quantitative estimate of drug-likeness (QED) is 0.102. The summed E-state index contributed by atoms with van der Waals surface area (Å²) in [7, 11) is 1.37. The van der Waals surface area contributed by atoms with Crippen LogP contribution in [0, 0.1) is 0 Å². The summed E-state index contributed by atoms with van der Waals surface area (Å²) in [5, 5.41) is 8.79. The number of halogens is 9. The monoisotopic (exact) mass is 743 g/mol. The van der Waals surface area contributed by atoms with E-state index in [1.165, 1.54) is 25.6 Å². The molecule has 0 aliphatic rings. The number of rotatable bonds is 14. The van der Waals surface area contributed by atoms with Gasteiger partial charge in [0.1, 0.15) is 5.75 Å². The van der Waals surface area contributed by atoms with Gasteiger partial charge < -0.3 is 19.5 Å². The van der Waals surface area contributed by atoms with Crippen molar-refractivity contribution in [3.05, 3.63) is 100 Å². The molecule has 0 saturated carbocycles. The molecule has 4 aromatic rings. The molecule has 280 valence electrons. The molecule has 1 heterocycles. The Hall–Kier alpha value is -5.02. The molecule has 0 spiro atoms. The van der Waals surface area contributed by atoms with Crippen LogP contribution in [0.3, 0.4) is 0 Å². The Morgan fingerprint density at radius 2 is 1.38 bits per heavy atom. The van der Waals surface area contributed by atoms with E-state index in [-0.39, 0.29) is 47.8 Å². The van der Waals surface area contributed by atoms with Gasteiger partial charge in [0.25, 0.3) is 0 Å². The Bertz CT molecular complexity index is 1810. The summed E-state index contributed by atoms with van der Waals surface area (Å²) in [6.45, 7) is 2.73. The second-order valence-corrected chi connectivity index (χ2v) is 12.2. The van der Waals surface area contributed by atoms with Crippen molar-refractivity contribution in [2.75, 3.05) is 18.6 Å². The van der Waals surface area contributed by atoms with Gasteiger partial charge in [0.2, 0.25) is 5.95 Å². The highest BCUT2D eigenvalue weighted by Crippen LogP contribution is 2.40. The molecule has 0 unspecified atom stereocenters. The third-order valence-corrected chi connectivity index (χ3v) is 7.95. The van der Waals surface area contributed by atoms with Gasteiger partial charge in [-0.15, -0.1) is 0 Å². The largest absolute Gasteiger partial charge is 0.496 e. The van der Waals surface area contributed by atoms with Crippen molar-refractivity contribution in [3.63, 3.8) is 0 Å². The molecule has 0 aliphatic carbocycles. The SMILES string of the molecule is COc1ccc(C(C)C)cc1-c1ccc(C(F)(F)F)cc1CN(Cc1cc(C(F)(F)F)cc(C(F)(F)F)c1)c1ncc(OCCCCC(=O)O)cn1. The maximum absolute atomic E-state index is 14.1. The van der Waals surface area contributed by atoms with Gasteiger partial charge >= 0.3 is 24.5 Å². The number of aromatic nitrogens is 2. The Kier molecular flexibility index (Phi) is 12.3. The molecule has 0 radical (unpaired) electrons. The predicted octanol–water partition coefficient (Wildman–Crippen LogP) is 10.2. The molecule has 3 aromatic carbocycles. The standard InChI is InChI=1S/C36H34F9N3O4/c1-21(2)23-7-10-31(51-3)30(15-23)29-9-8-25(34(37,38)39)14-24(29)20-48(33-46-17-28(18-47-33)52-11-5-4-6-32(49)50)19-22-12-26(35(40,41)42)16-27(13-22)36(43,44)45/h7-10,12-18,21H,4-6,11,19-20H2,1-3H3,(H,49,50). The predicted molar refractivity (Wildman–Crippen MR) is 173 cm³/mol. The smallest absolute Gasteiger partial charge is 0.416 e. The fourth-order valence-corrected chi connectivity index (χ4v) is 5.31. The molecule has 4 rings (SSSR count). The maximum atomic E-state index is 14.1. The Morgan fingerprint density at radius 3 is 1.92 bits per heavy atom. The summed E-state index contributed by atoms with van der Waals surface area (Å²) >= 11 is 0. The highest BCUT2D eigenvalue weighted by atomic mass is 19.4. The van der Waals surface area contributed by atoms with E-state index in [0.717, 1.165) is 22.6 Å².